The Kier molecular flexibility index (Phi) is 6.27. The number of ether oxygens (including phenoxy) is 1. The van der Waals surface area contributed by atoms with Crippen molar-refractivity contribution in [2.45, 2.75) is 18.7 Å². The van der Waals surface area contributed by atoms with E-state index in [1.54, 1.807) is 14.0 Å². The van der Waals surface area contributed by atoms with Crippen LogP contribution < -0.4 is 5.32 Å². The van der Waals surface area contributed by atoms with Crippen molar-refractivity contribution in [3.8, 4) is 0 Å². The Labute approximate surface area is 72.1 Å². The molecule has 0 radical (unpaired) electrons. The van der Waals surface area contributed by atoms with Crippen LogP contribution in [-0.2, 0) is 9.53 Å². The summed E-state index contributed by atoms with van der Waals surface area (Å²) in [6, 6.07) is 0. The summed E-state index contributed by atoms with van der Waals surface area (Å²) in [4.78, 5) is 10.8. The number of hydrogen-bond acceptors (Lipinski definition) is 2. The average molecular weight is 180 g/mol. The molecule has 66 valence electrons. The van der Waals surface area contributed by atoms with E-state index >= 15 is 0 Å². The maximum Gasteiger partial charge on any atom is 0.237 e. The van der Waals surface area contributed by atoms with E-state index in [9.17, 15) is 4.79 Å². The third kappa shape index (κ3) is 6.13. The molecule has 0 aliphatic heterocycles. The normalized spacial score (nSPS) is 12.6. The smallest absolute Gasteiger partial charge is 0.237 e. The number of hydrogen-bond donors (Lipinski definition) is 1. The maximum atomic E-state index is 10.8. The molecule has 0 saturated carbocycles. The van der Waals surface area contributed by atoms with Crippen molar-refractivity contribution in [2.24, 2.45) is 0 Å². The van der Waals surface area contributed by atoms with Gasteiger partial charge in [0.1, 0.15) is 5.38 Å². The Morgan fingerprint density at radius 2 is 2.36 bits per heavy atom. The topological polar surface area (TPSA) is 38.3 Å². The number of carbonyl (C=O) groups is 1. The summed E-state index contributed by atoms with van der Waals surface area (Å²) in [5, 5.41) is 2.22. The number of rotatable bonds is 5. The van der Waals surface area contributed by atoms with Crippen LogP contribution in [-0.4, -0.2) is 31.5 Å². The second-order valence-electron chi connectivity index (χ2n) is 2.25. The Morgan fingerprint density at radius 1 is 1.73 bits per heavy atom. The first-order chi connectivity index (χ1) is 5.18. The zero-order valence-electron chi connectivity index (χ0n) is 6.89. The maximum absolute atomic E-state index is 10.8. The minimum Gasteiger partial charge on any atom is -0.385 e. The minimum atomic E-state index is -0.447. The summed E-state index contributed by atoms with van der Waals surface area (Å²) in [5.74, 6) is -0.122. The first-order valence-electron chi connectivity index (χ1n) is 3.59. The molecule has 0 heterocycles. The van der Waals surface area contributed by atoms with E-state index in [1.807, 2.05) is 0 Å². The van der Waals surface area contributed by atoms with Crippen molar-refractivity contribution in [2.75, 3.05) is 20.3 Å². The zero-order chi connectivity index (χ0) is 8.69. The molecule has 0 rings (SSSR count). The van der Waals surface area contributed by atoms with Crippen LogP contribution in [0.3, 0.4) is 0 Å². The van der Waals surface area contributed by atoms with Crippen LogP contribution in [0.2, 0.25) is 0 Å². The Bertz CT molecular complexity index is 117. The van der Waals surface area contributed by atoms with Crippen molar-refractivity contribution in [1.29, 1.82) is 0 Å². The second-order valence-corrected chi connectivity index (χ2v) is 2.91. The van der Waals surface area contributed by atoms with Gasteiger partial charge in [0, 0.05) is 20.3 Å². The molecule has 1 atom stereocenters. The first kappa shape index (κ1) is 10.7. The van der Waals surface area contributed by atoms with Gasteiger partial charge in [-0.3, -0.25) is 4.79 Å². The molecule has 0 aliphatic rings. The van der Waals surface area contributed by atoms with Gasteiger partial charge in [0.15, 0.2) is 0 Å². The van der Waals surface area contributed by atoms with Gasteiger partial charge in [0.2, 0.25) is 5.91 Å². The lowest BCUT2D eigenvalue weighted by molar-refractivity contribution is -0.120. The van der Waals surface area contributed by atoms with Crippen LogP contribution in [0.1, 0.15) is 13.3 Å². The highest BCUT2D eigenvalue weighted by atomic mass is 35.5. The van der Waals surface area contributed by atoms with Crippen LogP contribution in [0, 0.1) is 0 Å². The van der Waals surface area contributed by atoms with Crippen molar-refractivity contribution in [1.82, 2.24) is 5.32 Å². The molecule has 0 aromatic heterocycles. The minimum absolute atomic E-state index is 0.122. The molecule has 0 aromatic rings. The van der Waals surface area contributed by atoms with Crippen molar-refractivity contribution < 1.29 is 9.53 Å². The zero-order valence-corrected chi connectivity index (χ0v) is 7.65. The van der Waals surface area contributed by atoms with E-state index in [4.69, 9.17) is 16.3 Å². The largest absolute Gasteiger partial charge is 0.385 e. The van der Waals surface area contributed by atoms with Crippen molar-refractivity contribution in [3.63, 3.8) is 0 Å². The monoisotopic (exact) mass is 179 g/mol. The summed E-state index contributed by atoms with van der Waals surface area (Å²) in [6.07, 6.45) is 0.825. The van der Waals surface area contributed by atoms with Gasteiger partial charge >= 0.3 is 0 Å². The molecule has 0 aliphatic carbocycles. The fraction of sp³-hybridized carbons (Fsp3) is 0.857. The quantitative estimate of drug-likeness (QED) is 0.500. The predicted octanol–water partition coefficient (Wildman–Crippen LogP) is 0.766. The molecule has 3 nitrogen and oxygen atoms in total. The van der Waals surface area contributed by atoms with Crippen LogP contribution in [0.4, 0.5) is 0 Å². The van der Waals surface area contributed by atoms with Crippen LogP contribution in [0.25, 0.3) is 0 Å². The Balaban J connectivity index is 3.18. The van der Waals surface area contributed by atoms with Gasteiger partial charge in [-0.05, 0) is 13.3 Å². The predicted molar refractivity (Wildman–Crippen MR) is 44.8 cm³/mol. The van der Waals surface area contributed by atoms with Gasteiger partial charge < -0.3 is 10.1 Å². The molecule has 1 N–H and O–H groups in total. The lowest BCUT2D eigenvalue weighted by Gasteiger charge is -2.04. The number of amides is 1. The highest BCUT2D eigenvalue weighted by Gasteiger charge is 2.06. The Hall–Kier alpha value is -0.280. The van der Waals surface area contributed by atoms with Crippen molar-refractivity contribution >= 4 is 17.5 Å². The average Bonchev–Trinajstić information content (AvgIpc) is 1.97. The lowest BCUT2D eigenvalue weighted by Crippen LogP contribution is -2.30. The highest BCUT2D eigenvalue weighted by molar-refractivity contribution is 6.30. The van der Waals surface area contributed by atoms with Crippen LogP contribution in [0.15, 0.2) is 0 Å². The van der Waals surface area contributed by atoms with Gasteiger partial charge in [-0.25, -0.2) is 0 Å². The molecule has 0 saturated heterocycles. The number of nitrogens with one attached hydrogen (secondary N) is 1. The van der Waals surface area contributed by atoms with E-state index in [0.29, 0.717) is 13.2 Å². The van der Waals surface area contributed by atoms with E-state index in [2.05, 4.69) is 5.32 Å². The van der Waals surface area contributed by atoms with Gasteiger partial charge in [0.05, 0.1) is 0 Å². The summed E-state index contributed by atoms with van der Waals surface area (Å²) < 4.78 is 4.80. The summed E-state index contributed by atoms with van der Waals surface area (Å²) in [6.45, 7) is 2.94. The van der Waals surface area contributed by atoms with Crippen LogP contribution in [0.5, 0.6) is 0 Å². The van der Waals surface area contributed by atoms with E-state index in [1.165, 1.54) is 0 Å². The number of methoxy groups -OCH3 is 1. The van der Waals surface area contributed by atoms with Crippen LogP contribution >= 0.6 is 11.6 Å². The summed E-state index contributed by atoms with van der Waals surface area (Å²) in [5.41, 5.74) is 0. The standard InChI is InChI=1S/C7H14ClNO2/c1-6(8)7(10)9-4-3-5-11-2/h6H,3-5H2,1-2H3,(H,9,10). The highest BCUT2D eigenvalue weighted by Crippen LogP contribution is 1.91. The number of alkyl halides is 1. The molecule has 0 aromatic carbocycles. The molecule has 1 amide bonds. The van der Waals surface area contributed by atoms with E-state index in [-0.39, 0.29) is 5.91 Å². The number of carbonyl (C=O) groups excluding carboxylic acids is 1. The second kappa shape index (κ2) is 6.43. The molecular formula is C7H14ClNO2. The SMILES string of the molecule is COCCCNC(=O)C(C)Cl. The fourth-order valence-corrected chi connectivity index (χ4v) is 0.646. The third-order valence-electron chi connectivity index (χ3n) is 1.19. The lowest BCUT2D eigenvalue weighted by atomic mass is 10.4. The fourth-order valence-electron chi connectivity index (χ4n) is 0.569. The van der Waals surface area contributed by atoms with Gasteiger partial charge in [-0.15, -0.1) is 11.6 Å². The molecule has 11 heavy (non-hydrogen) atoms. The van der Waals surface area contributed by atoms with E-state index < -0.39 is 5.38 Å². The van der Waals surface area contributed by atoms with Gasteiger partial charge in [0.25, 0.3) is 0 Å². The van der Waals surface area contributed by atoms with Gasteiger partial charge in [-0.2, -0.15) is 0 Å². The molecule has 1 unspecified atom stereocenters. The first-order valence-corrected chi connectivity index (χ1v) is 4.03. The summed E-state index contributed by atoms with van der Waals surface area (Å²) >= 11 is 5.50. The van der Waals surface area contributed by atoms with Gasteiger partial charge in [-0.1, -0.05) is 0 Å². The van der Waals surface area contributed by atoms with Crippen molar-refractivity contribution in [3.05, 3.63) is 0 Å². The molecule has 0 bridgehead atoms. The molecular weight excluding hydrogens is 166 g/mol. The Morgan fingerprint density at radius 3 is 2.82 bits per heavy atom. The number of halogens is 1. The molecule has 0 fully saturated rings. The molecule has 0 spiro atoms. The molecule has 4 heteroatoms. The van der Waals surface area contributed by atoms with E-state index in [0.717, 1.165) is 6.42 Å². The third-order valence-corrected chi connectivity index (χ3v) is 1.38. The summed E-state index contributed by atoms with van der Waals surface area (Å²) in [7, 11) is 1.63.